The van der Waals surface area contributed by atoms with Crippen molar-refractivity contribution in [2.24, 2.45) is 0 Å². The van der Waals surface area contributed by atoms with E-state index in [1.165, 1.54) is 0 Å². The molecule has 12 nitrogen and oxygen atoms in total. The molecule has 0 aliphatic carbocycles. The Morgan fingerprint density at radius 2 is 1.00 bits per heavy atom. The van der Waals surface area contributed by atoms with Crippen LogP contribution in [0.5, 0.6) is 23.0 Å². The highest BCUT2D eigenvalue weighted by atomic mass is 16.4. The Morgan fingerprint density at radius 3 is 1.36 bits per heavy atom. The van der Waals surface area contributed by atoms with Gasteiger partial charge < -0.3 is 40.9 Å². The lowest BCUT2D eigenvalue weighted by Gasteiger charge is -2.04. The summed E-state index contributed by atoms with van der Waals surface area (Å²) in [5, 5.41) is 70.5. The number of aromatic hydroxyl groups is 4. The maximum Gasteiger partial charge on any atom is 0.343 e. The van der Waals surface area contributed by atoms with E-state index in [2.05, 4.69) is 0 Å². The van der Waals surface area contributed by atoms with E-state index >= 15 is 0 Å². The first kappa shape index (κ1) is 21.6. The highest BCUT2D eigenvalue weighted by Gasteiger charge is 2.21. The van der Waals surface area contributed by atoms with E-state index in [9.17, 15) is 29.4 Å². The Bertz CT molecular complexity index is 941. The molecule has 28 heavy (non-hydrogen) atoms. The van der Waals surface area contributed by atoms with Crippen LogP contribution in [-0.4, -0.2) is 64.7 Å². The van der Waals surface area contributed by atoms with E-state index in [0.717, 1.165) is 24.3 Å². The number of carbonyl (C=O) groups is 4. The molecule has 0 saturated heterocycles. The van der Waals surface area contributed by atoms with Crippen molar-refractivity contribution in [3.8, 4) is 23.0 Å². The van der Waals surface area contributed by atoms with Crippen molar-refractivity contribution in [3.63, 3.8) is 0 Å². The van der Waals surface area contributed by atoms with Gasteiger partial charge in [0.05, 0.1) is 0 Å². The van der Waals surface area contributed by atoms with Gasteiger partial charge in [-0.15, -0.1) is 0 Å². The summed E-state index contributed by atoms with van der Waals surface area (Å²) in [6.07, 6.45) is 0. The molecule has 0 fully saturated rings. The molecule has 2 rings (SSSR count). The fourth-order valence-corrected chi connectivity index (χ4v) is 1.91. The molecule has 0 aliphatic heterocycles. The third kappa shape index (κ3) is 4.57. The third-order valence-electron chi connectivity index (χ3n) is 3.16. The number of phenolic OH excluding ortho intramolecular Hbond substituents is 1. The number of hydrogen-bond acceptors (Lipinski definition) is 8. The summed E-state index contributed by atoms with van der Waals surface area (Å²) < 4.78 is 0. The van der Waals surface area contributed by atoms with E-state index in [4.69, 9.17) is 30.6 Å². The molecular weight excluding hydrogens is 384 g/mol. The Kier molecular flexibility index (Phi) is 6.37. The fourth-order valence-electron chi connectivity index (χ4n) is 1.91. The number of carboxylic acid groups (broad SMARTS) is 4. The number of aromatic carboxylic acids is 4. The Hall–Kier alpha value is -4.48. The zero-order valence-corrected chi connectivity index (χ0v) is 13.5. The van der Waals surface area contributed by atoms with Crippen LogP contribution in [0.4, 0.5) is 0 Å². The van der Waals surface area contributed by atoms with Gasteiger partial charge >= 0.3 is 23.9 Å². The smallest absolute Gasteiger partial charge is 0.343 e. The summed E-state index contributed by atoms with van der Waals surface area (Å²) in [5.74, 6) is -9.12. The first-order chi connectivity index (χ1) is 12.9. The summed E-state index contributed by atoms with van der Waals surface area (Å²) in [6, 6.07) is 3.35. The quantitative estimate of drug-likeness (QED) is 0.338. The third-order valence-corrected chi connectivity index (χ3v) is 3.16. The second-order valence-corrected chi connectivity index (χ2v) is 4.97. The first-order valence-corrected chi connectivity index (χ1v) is 6.92. The van der Waals surface area contributed by atoms with Crippen LogP contribution in [-0.2, 0) is 0 Å². The van der Waals surface area contributed by atoms with Crippen LogP contribution in [0.25, 0.3) is 0 Å². The van der Waals surface area contributed by atoms with Gasteiger partial charge in [-0.05, 0) is 24.3 Å². The van der Waals surface area contributed by atoms with Gasteiger partial charge in [-0.1, -0.05) is 0 Å². The molecular formula is C16H12O12. The average Bonchev–Trinajstić information content (AvgIpc) is 2.56. The second-order valence-electron chi connectivity index (χ2n) is 4.97. The van der Waals surface area contributed by atoms with E-state index in [0.29, 0.717) is 0 Å². The minimum Gasteiger partial charge on any atom is -0.508 e. The van der Waals surface area contributed by atoms with Crippen molar-refractivity contribution in [1.82, 2.24) is 0 Å². The molecule has 0 saturated carbocycles. The molecule has 0 aliphatic rings. The van der Waals surface area contributed by atoms with Crippen molar-refractivity contribution in [1.29, 1.82) is 0 Å². The van der Waals surface area contributed by atoms with Crippen LogP contribution in [0.15, 0.2) is 24.3 Å². The normalized spacial score (nSPS) is 9.71. The molecule has 0 bridgehead atoms. The van der Waals surface area contributed by atoms with Crippen molar-refractivity contribution in [2.75, 3.05) is 0 Å². The van der Waals surface area contributed by atoms with Crippen LogP contribution in [0.3, 0.4) is 0 Å². The zero-order valence-electron chi connectivity index (χ0n) is 13.5. The molecule has 0 atom stereocenters. The molecule has 12 heteroatoms. The minimum atomic E-state index is -1.59. The monoisotopic (exact) mass is 396 g/mol. The van der Waals surface area contributed by atoms with Gasteiger partial charge in [-0.2, -0.15) is 0 Å². The topological polar surface area (TPSA) is 230 Å². The summed E-state index contributed by atoms with van der Waals surface area (Å²) in [4.78, 5) is 41.9. The number of benzene rings is 2. The minimum absolute atomic E-state index is 0.530. The van der Waals surface area contributed by atoms with E-state index < -0.39 is 69.1 Å². The standard InChI is InChI=1S/2C8H6O6/c9-3-1-4(7(11)12)6(10)5(2-3)8(13)14;9-4-2-1-3(7(11)12)6(10)5(4)8(13)14/h2*1-2,9-10H,(H,11,12)(H,13,14). The van der Waals surface area contributed by atoms with Gasteiger partial charge in [-0.25, -0.2) is 19.2 Å². The fraction of sp³-hybridized carbons (Fsp3) is 0. The summed E-state index contributed by atoms with van der Waals surface area (Å²) in [5.41, 5.74) is -2.69. The van der Waals surface area contributed by atoms with Gasteiger partial charge in [0.25, 0.3) is 0 Å². The highest BCUT2D eigenvalue weighted by molar-refractivity contribution is 6.00. The van der Waals surface area contributed by atoms with E-state index in [-0.39, 0.29) is 0 Å². The lowest BCUT2D eigenvalue weighted by molar-refractivity contribution is 0.0667. The second kappa shape index (κ2) is 8.27. The summed E-state index contributed by atoms with van der Waals surface area (Å²) in [7, 11) is 0. The van der Waals surface area contributed by atoms with Crippen molar-refractivity contribution in [2.45, 2.75) is 0 Å². The first-order valence-electron chi connectivity index (χ1n) is 6.92. The van der Waals surface area contributed by atoms with Crippen LogP contribution in [0.2, 0.25) is 0 Å². The van der Waals surface area contributed by atoms with Crippen molar-refractivity contribution >= 4 is 23.9 Å². The highest BCUT2D eigenvalue weighted by Crippen LogP contribution is 2.30. The molecule has 0 spiro atoms. The molecule has 0 aromatic heterocycles. The van der Waals surface area contributed by atoms with E-state index in [1.807, 2.05) is 0 Å². The molecule has 2 aromatic carbocycles. The van der Waals surface area contributed by atoms with E-state index in [1.54, 1.807) is 0 Å². The lowest BCUT2D eigenvalue weighted by Crippen LogP contribution is -2.03. The predicted octanol–water partition coefficient (Wildman–Crippen LogP) is 0.988. The maximum atomic E-state index is 10.5. The number of hydrogen-bond donors (Lipinski definition) is 8. The molecule has 0 unspecified atom stereocenters. The van der Waals surface area contributed by atoms with Crippen LogP contribution >= 0.6 is 0 Å². The number of carboxylic acids is 4. The van der Waals surface area contributed by atoms with Gasteiger partial charge in [0, 0.05) is 0 Å². The molecule has 8 N–H and O–H groups in total. The largest absolute Gasteiger partial charge is 0.508 e. The maximum absolute atomic E-state index is 10.5. The van der Waals surface area contributed by atoms with Crippen molar-refractivity contribution in [3.05, 3.63) is 46.5 Å². The van der Waals surface area contributed by atoms with Crippen LogP contribution in [0.1, 0.15) is 41.4 Å². The Labute approximate surface area is 154 Å². The van der Waals surface area contributed by atoms with Crippen molar-refractivity contribution < 1.29 is 60.0 Å². The van der Waals surface area contributed by atoms with Crippen LogP contribution in [0, 0.1) is 0 Å². The predicted molar refractivity (Wildman–Crippen MR) is 87.4 cm³/mol. The number of rotatable bonds is 4. The summed E-state index contributed by atoms with van der Waals surface area (Å²) >= 11 is 0. The SMILES string of the molecule is O=C(O)c1cc(O)cc(C(=O)O)c1O.O=C(O)c1ccc(O)c(C(=O)O)c1O. The number of phenols is 4. The average molecular weight is 396 g/mol. The van der Waals surface area contributed by atoms with Gasteiger partial charge in [0.1, 0.15) is 45.3 Å². The van der Waals surface area contributed by atoms with Gasteiger partial charge in [0.2, 0.25) is 0 Å². The lowest BCUT2D eigenvalue weighted by atomic mass is 10.1. The molecule has 0 amide bonds. The molecule has 2 aromatic rings. The van der Waals surface area contributed by atoms with Gasteiger partial charge in [-0.3, -0.25) is 0 Å². The Balaban J connectivity index is 0.000000280. The molecule has 0 heterocycles. The summed E-state index contributed by atoms with van der Waals surface area (Å²) in [6.45, 7) is 0. The molecule has 148 valence electrons. The Morgan fingerprint density at radius 1 is 0.571 bits per heavy atom. The molecule has 0 radical (unpaired) electrons. The van der Waals surface area contributed by atoms with Crippen LogP contribution < -0.4 is 0 Å². The van der Waals surface area contributed by atoms with Gasteiger partial charge in [0.15, 0.2) is 0 Å². The zero-order chi connectivity index (χ0) is 21.8.